The van der Waals surface area contributed by atoms with Crippen molar-refractivity contribution in [2.75, 3.05) is 19.7 Å². The zero-order valence-electron chi connectivity index (χ0n) is 18.4. The van der Waals surface area contributed by atoms with Crippen LogP contribution in [0.15, 0.2) is 18.2 Å². The number of piperidine rings is 2. The maximum Gasteiger partial charge on any atom is 0.255 e. The van der Waals surface area contributed by atoms with Gasteiger partial charge in [-0.1, -0.05) is 12.1 Å². The lowest BCUT2D eigenvalue weighted by Gasteiger charge is -2.40. The molecule has 4 aliphatic rings. The van der Waals surface area contributed by atoms with E-state index in [1.807, 2.05) is 12.1 Å². The predicted molar refractivity (Wildman–Crippen MR) is 117 cm³/mol. The van der Waals surface area contributed by atoms with Gasteiger partial charge in [0.15, 0.2) is 0 Å². The second-order valence-corrected chi connectivity index (χ2v) is 9.60. The lowest BCUT2D eigenvalue weighted by atomic mass is 9.85. The molecule has 3 atom stereocenters. The van der Waals surface area contributed by atoms with E-state index >= 15 is 0 Å². The number of carbonyl (C=O) groups is 3. The van der Waals surface area contributed by atoms with Gasteiger partial charge in [-0.2, -0.15) is 0 Å². The van der Waals surface area contributed by atoms with E-state index in [4.69, 9.17) is 10.5 Å². The average Bonchev–Trinajstić information content (AvgIpc) is 3.12. The first-order chi connectivity index (χ1) is 15.5. The Hall–Kier alpha value is -2.29. The van der Waals surface area contributed by atoms with Crippen LogP contribution in [-0.4, -0.2) is 65.4 Å². The van der Waals surface area contributed by atoms with E-state index in [1.165, 1.54) is 0 Å². The van der Waals surface area contributed by atoms with Gasteiger partial charge in [-0.25, -0.2) is 0 Å². The number of carbonyl (C=O) groups excluding carboxylic acids is 3. The highest BCUT2D eigenvalue weighted by Crippen LogP contribution is 2.32. The minimum Gasteiger partial charge on any atom is -0.376 e. The van der Waals surface area contributed by atoms with E-state index < -0.39 is 6.04 Å². The summed E-state index contributed by atoms with van der Waals surface area (Å²) in [5.41, 5.74) is 9.16. The molecule has 172 valence electrons. The molecule has 4 heterocycles. The number of benzene rings is 1. The number of fused-ring (bicyclic) bond motifs is 1. The summed E-state index contributed by atoms with van der Waals surface area (Å²) >= 11 is 0. The third-order valence-electron chi connectivity index (χ3n) is 7.58. The van der Waals surface area contributed by atoms with E-state index in [0.717, 1.165) is 63.1 Å². The molecule has 3 saturated heterocycles. The fraction of sp³-hybridized carbons (Fsp3) is 0.625. The second kappa shape index (κ2) is 8.92. The van der Waals surface area contributed by atoms with Gasteiger partial charge < -0.3 is 15.4 Å². The van der Waals surface area contributed by atoms with Crippen LogP contribution in [0.25, 0.3) is 0 Å². The van der Waals surface area contributed by atoms with Gasteiger partial charge in [-0.15, -0.1) is 0 Å². The highest BCUT2D eigenvalue weighted by atomic mass is 16.5. The lowest BCUT2D eigenvalue weighted by molar-refractivity contribution is -0.136. The number of rotatable bonds is 4. The van der Waals surface area contributed by atoms with Gasteiger partial charge in [-0.3, -0.25) is 24.6 Å². The van der Waals surface area contributed by atoms with Crippen LogP contribution in [0.5, 0.6) is 0 Å². The van der Waals surface area contributed by atoms with Gasteiger partial charge >= 0.3 is 0 Å². The van der Waals surface area contributed by atoms with Crippen molar-refractivity contribution in [2.45, 2.75) is 69.8 Å². The number of hydrogen-bond acceptors (Lipinski definition) is 6. The highest BCUT2D eigenvalue weighted by molar-refractivity contribution is 6.05. The molecule has 0 saturated carbocycles. The van der Waals surface area contributed by atoms with Crippen molar-refractivity contribution >= 4 is 17.7 Å². The number of nitrogens with one attached hydrogen (secondary N) is 1. The van der Waals surface area contributed by atoms with Crippen molar-refractivity contribution in [2.24, 2.45) is 11.7 Å². The van der Waals surface area contributed by atoms with E-state index in [0.29, 0.717) is 24.4 Å². The Labute approximate surface area is 188 Å². The minimum atomic E-state index is -0.573. The molecule has 3 fully saturated rings. The van der Waals surface area contributed by atoms with Crippen LogP contribution in [0, 0.1) is 5.92 Å². The number of amides is 3. The molecule has 1 aromatic rings. The standard InChI is InChI=1S/C24H32N4O4/c25-19-5-2-12-32-22(19)15-8-10-27(11-9-15)13-16-3-1-4-17-18(16)14-28(24(17)31)20-6-7-21(29)26-23(20)30/h1,3-4,15,19-20,22H,2,5-14,25H2,(H,26,29,30)/t19-,20?,22+/m1/s1. The van der Waals surface area contributed by atoms with Crippen LogP contribution >= 0.6 is 0 Å². The molecule has 32 heavy (non-hydrogen) atoms. The molecule has 5 rings (SSSR count). The van der Waals surface area contributed by atoms with Gasteiger partial charge in [0.25, 0.3) is 5.91 Å². The molecular formula is C24H32N4O4. The maximum absolute atomic E-state index is 13.0. The second-order valence-electron chi connectivity index (χ2n) is 9.60. The molecule has 0 aromatic heterocycles. The largest absolute Gasteiger partial charge is 0.376 e. The first-order valence-corrected chi connectivity index (χ1v) is 11.9. The summed E-state index contributed by atoms with van der Waals surface area (Å²) in [6.07, 6.45) is 5.11. The highest BCUT2D eigenvalue weighted by Gasteiger charge is 2.40. The van der Waals surface area contributed by atoms with Crippen molar-refractivity contribution in [3.8, 4) is 0 Å². The fourth-order valence-electron chi connectivity index (χ4n) is 5.79. The molecule has 8 heteroatoms. The summed E-state index contributed by atoms with van der Waals surface area (Å²) in [4.78, 5) is 40.9. The first kappa shape index (κ1) is 21.6. The topological polar surface area (TPSA) is 105 Å². The minimum absolute atomic E-state index is 0.113. The van der Waals surface area contributed by atoms with Gasteiger partial charge in [-0.05, 0) is 68.3 Å². The number of hydrogen-bond donors (Lipinski definition) is 2. The van der Waals surface area contributed by atoms with E-state index in [9.17, 15) is 14.4 Å². The van der Waals surface area contributed by atoms with Gasteiger partial charge in [0, 0.05) is 37.7 Å². The Morgan fingerprint density at radius 1 is 1.09 bits per heavy atom. The number of ether oxygens (including phenoxy) is 1. The fourth-order valence-corrected chi connectivity index (χ4v) is 5.79. The van der Waals surface area contributed by atoms with Crippen LogP contribution in [0.4, 0.5) is 0 Å². The molecule has 8 nitrogen and oxygen atoms in total. The van der Waals surface area contributed by atoms with Crippen molar-refractivity contribution in [3.63, 3.8) is 0 Å². The molecule has 0 bridgehead atoms. The Bertz CT molecular complexity index is 911. The van der Waals surface area contributed by atoms with Gasteiger partial charge in [0.1, 0.15) is 6.04 Å². The number of likely N-dealkylation sites (tertiary alicyclic amines) is 1. The van der Waals surface area contributed by atoms with Crippen molar-refractivity contribution in [1.29, 1.82) is 0 Å². The number of nitrogens with two attached hydrogens (primary N) is 1. The third-order valence-corrected chi connectivity index (χ3v) is 7.58. The van der Waals surface area contributed by atoms with E-state index in [2.05, 4.69) is 16.3 Å². The van der Waals surface area contributed by atoms with E-state index in [-0.39, 0.29) is 36.3 Å². The molecule has 4 aliphatic heterocycles. The van der Waals surface area contributed by atoms with Crippen LogP contribution in [0.1, 0.15) is 60.0 Å². The maximum atomic E-state index is 13.0. The Balaban J connectivity index is 1.24. The number of nitrogens with zero attached hydrogens (tertiary/aromatic N) is 2. The Kier molecular flexibility index (Phi) is 6.01. The Morgan fingerprint density at radius 2 is 1.91 bits per heavy atom. The van der Waals surface area contributed by atoms with Gasteiger partial charge in [0.2, 0.25) is 11.8 Å². The summed E-state index contributed by atoms with van der Waals surface area (Å²) < 4.78 is 6.00. The summed E-state index contributed by atoms with van der Waals surface area (Å²) in [7, 11) is 0. The van der Waals surface area contributed by atoms with Crippen LogP contribution in [0.2, 0.25) is 0 Å². The molecular weight excluding hydrogens is 408 g/mol. The SMILES string of the molecule is N[C@@H]1CCCO[C@H]1C1CCN(Cc2cccc3c2CN(C2CCC(=O)NC2=O)C3=O)CC1. The Morgan fingerprint density at radius 3 is 2.66 bits per heavy atom. The zero-order chi connectivity index (χ0) is 22.2. The van der Waals surface area contributed by atoms with E-state index in [1.54, 1.807) is 4.90 Å². The molecule has 0 aliphatic carbocycles. The molecule has 1 aromatic carbocycles. The molecule has 0 spiro atoms. The third kappa shape index (κ3) is 4.07. The van der Waals surface area contributed by atoms with Crippen molar-refractivity contribution < 1.29 is 19.1 Å². The van der Waals surface area contributed by atoms with Crippen LogP contribution in [-0.2, 0) is 27.4 Å². The first-order valence-electron chi connectivity index (χ1n) is 11.9. The van der Waals surface area contributed by atoms with Crippen molar-refractivity contribution in [1.82, 2.24) is 15.1 Å². The summed E-state index contributed by atoms with van der Waals surface area (Å²) in [5.74, 6) is -0.223. The van der Waals surface area contributed by atoms with Crippen molar-refractivity contribution in [3.05, 3.63) is 34.9 Å². The number of imide groups is 1. The smallest absolute Gasteiger partial charge is 0.255 e. The molecule has 1 unspecified atom stereocenters. The van der Waals surface area contributed by atoms with Crippen LogP contribution < -0.4 is 11.1 Å². The summed E-state index contributed by atoms with van der Waals surface area (Å²) in [6, 6.07) is 5.45. The van der Waals surface area contributed by atoms with Crippen LogP contribution in [0.3, 0.4) is 0 Å². The molecule has 3 amide bonds. The zero-order valence-corrected chi connectivity index (χ0v) is 18.4. The lowest BCUT2D eigenvalue weighted by Crippen LogP contribution is -2.52. The normalized spacial score (nSPS) is 29.8. The molecule has 3 N–H and O–H groups in total. The summed E-state index contributed by atoms with van der Waals surface area (Å²) in [6.45, 7) is 4.03. The quantitative estimate of drug-likeness (QED) is 0.681. The molecule has 0 radical (unpaired) electrons. The summed E-state index contributed by atoms with van der Waals surface area (Å²) in [5, 5.41) is 2.37. The monoisotopic (exact) mass is 440 g/mol. The van der Waals surface area contributed by atoms with Gasteiger partial charge in [0.05, 0.1) is 6.10 Å². The predicted octanol–water partition coefficient (Wildman–Crippen LogP) is 1.17. The average molecular weight is 441 g/mol.